The van der Waals surface area contributed by atoms with Crippen LogP contribution in [0.25, 0.3) is 0 Å². The largest absolute Gasteiger partial charge is 0.421 e. The first-order valence-electron chi connectivity index (χ1n) is 7.93. The van der Waals surface area contributed by atoms with E-state index in [9.17, 15) is 27.6 Å². The van der Waals surface area contributed by atoms with Gasteiger partial charge in [0.15, 0.2) is 0 Å². The van der Waals surface area contributed by atoms with Crippen LogP contribution in [0.1, 0.15) is 21.5 Å². The summed E-state index contributed by atoms with van der Waals surface area (Å²) in [5.41, 5.74) is -1.40. The summed E-state index contributed by atoms with van der Waals surface area (Å²) in [5, 5.41) is 2.53. The molecule has 27 heavy (non-hydrogen) atoms. The molecule has 0 aliphatic carbocycles. The molecular weight excluding hydrogens is 363 g/mol. The Bertz CT molecular complexity index is 887. The van der Waals surface area contributed by atoms with E-state index in [2.05, 4.69) is 5.32 Å². The Morgan fingerprint density at radius 1 is 1.11 bits per heavy atom. The Morgan fingerprint density at radius 2 is 1.74 bits per heavy atom. The summed E-state index contributed by atoms with van der Waals surface area (Å²) in [6.45, 7) is -0.414. The zero-order valence-corrected chi connectivity index (χ0v) is 14.7. The lowest BCUT2D eigenvalue weighted by atomic mass is 10.1. The second-order valence-corrected chi connectivity index (χ2v) is 6.03. The van der Waals surface area contributed by atoms with E-state index in [0.29, 0.717) is 21.8 Å². The molecule has 2 rings (SSSR count). The van der Waals surface area contributed by atoms with Gasteiger partial charge < -0.3 is 14.8 Å². The highest BCUT2D eigenvalue weighted by atomic mass is 19.4. The molecule has 9 heteroatoms. The van der Waals surface area contributed by atoms with Gasteiger partial charge in [0.1, 0.15) is 12.1 Å². The van der Waals surface area contributed by atoms with E-state index < -0.39 is 29.8 Å². The van der Waals surface area contributed by atoms with Crippen molar-refractivity contribution in [1.82, 2.24) is 14.8 Å². The summed E-state index contributed by atoms with van der Waals surface area (Å²) < 4.78 is 38.9. The lowest BCUT2D eigenvalue weighted by molar-refractivity contribution is -0.139. The molecular formula is C18H18F3N3O3. The second-order valence-electron chi connectivity index (χ2n) is 6.03. The van der Waals surface area contributed by atoms with Crippen LogP contribution >= 0.6 is 0 Å². The molecule has 1 aromatic carbocycles. The van der Waals surface area contributed by atoms with Crippen LogP contribution in [0.3, 0.4) is 0 Å². The van der Waals surface area contributed by atoms with Crippen molar-refractivity contribution in [2.24, 2.45) is 0 Å². The third-order valence-electron chi connectivity index (χ3n) is 3.74. The van der Waals surface area contributed by atoms with Gasteiger partial charge in [0.25, 0.3) is 11.5 Å². The van der Waals surface area contributed by atoms with Gasteiger partial charge in [-0.2, -0.15) is 13.2 Å². The Labute approximate surface area is 153 Å². The first-order chi connectivity index (χ1) is 12.6. The van der Waals surface area contributed by atoms with Gasteiger partial charge in [-0.1, -0.05) is 12.1 Å². The summed E-state index contributed by atoms with van der Waals surface area (Å²) in [7, 11) is 3.26. The maximum atomic E-state index is 12.7. The molecule has 0 spiro atoms. The van der Waals surface area contributed by atoms with Crippen LogP contribution in [-0.2, 0) is 24.1 Å². The molecule has 0 aliphatic rings. The number of carbonyl (C=O) groups excluding carboxylic acids is 2. The van der Waals surface area contributed by atoms with Gasteiger partial charge in [0, 0.05) is 32.4 Å². The van der Waals surface area contributed by atoms with Gasteiger partial charge >= 0.3 is 6.18 Å². The standard InChI is InChI=1S/C18H18F3N3O3/c1-23(2)16(26)13-7-5-12(6-8-13)10-22-15(25)11-24-9-3-4-14(17(24)27)18(19,20)21/h3-9H,10-11H2,1-2H3,(H,22,25). The van der Waals surface area contributed by atoms with Gasteiger partial charge in [0.2, 0.25) is 5.91 Å². The molecule has 6 nitrogen and oxygen atoms in total. The van der Waals surface area contributed by atoms with E-state index >= 15 is 0 Å². The predicted molar refractivity (Wildman–Crippen MR) is 92.0 cm³/mol. The van der Waals surface area contributed by atoms with Crippen LogP contribution in [0.4, 0.5) is 13.2 Å². The van der Waals surface area contributed by atoms with Crippen LogP contribution < -0.4 is 10.9 Å². The Balaban J connectivity index is 1.99. The van der Waals surface area contributed by atoms with E-state index in [0.717, 1.165) is 12.3 Å². The van der Waals surface area contributed by atoms with Crippen LogP contribution in [0.15, 0.2) is 47.4 Å². The number of halogens is 3. The van der Waals surface area contributed by atoms with Crippen molar-refractivity contribution in [2.75, 3.05) is 14.1 Å². The fourth-order valence-electron chi connectivity index (χ4n) is 2.31. The topological polar surface area (TPSA) is 71.4 Å². The van der Waals surface area contributed by atoms with Crippen LogP contribution in [-0.4, -0.2) is 35.4 Å². The van der Waals surface area contributed by atoms with Gasteiger partial charge in [-0.3, -0.25) is 14.4 Å². The minimum absolute atomic E-state index is 0.114. The van der Waals surface area contributed by atoms with E-state index in [-0.39, 0.29) is 12.5 Å². The van der Waals surface area contributed by atoms with E-state index in [1.807, 2.05) is 0 Å². The number of carbonyl (C=O) groups is 2. The third-order valence-corrected chi connectivity index (χ3v) is 3.74. The smallest absolute Gasteiger partial charge is 0.350 e. The number of alkyl halides is 3. The minimum atomic E-state index is -4.78. The second kappa shape index (κ2) is 8.07. The number of amides is 2. The molecule has 0 saturated heterocycles. The number of rotatable bonds is 5. The van der Waals surface area contributed by atoms with Crippen LogP contribution in [0.2, 0.25) is 0 Å². The molecule has 0 aliphatic heterocycles. The van der Waals surface area contributed by atoms with Crippen molar-refractivity contribution in [3.05, 3.63) is 69.6 Å². The SMILES string of the molecule is CN(C)C(=O)c1ccc(CNC(=O)Cn2cccc(C(F)(F)F)c2=O)cc1. The molecule has 2 amide bonds. The van der Waals surface area contributed by atoms with Crippen molar-refractivity contribution in [2.45, 2.75) is 19.3 Å². The Kier molecular flexibility index (Phi) is 6.04. The quantitative estimate of drug-likeness (QED) is 0.860. The van der Waals surface area contributed by atoms with Gasteiger partial charge in [-0.05, 0) is 29.8 Å². The molecule has 0 radical (unpaired) electrons. The van der Waals surface area contributed by atoms with Crippen molar-refractivity contribution >= 4 is 11.8 Å². The number of benzene rings is 1. The van der Waals surface area contributed by atoms with Crippen molar-refractivity contribution < 1.29 is 22.8 Å². The molecule has 1 N–H and O–H groups in total. The predicted octanol–water partition coefficient (Wildman–Crippen LogP) is 1.89. The summed E-state index contributed by atoms with van der Waals surface area (Å²) in [4.78, 5) is 37.0. The maximum Gasteiger partial charge on any atom is 0.421 e. The van der Waals surface area contributed by atoms with Crippen molar-refractivity contribution in [1.29, 1.82) is 0 Å². The molecule has 0 bridgehead atoms. The number of hydrogen-bond acceptors (Lipinski definition) is 3. The monoisotopic (exact) mass is 381 g/mol. The summed E-state index contributed by atoms with van der Waals surface area (Å²) >= 11 is 0. The number of nitrogens with zero attached hydrogens (tertiary/aromatic N) is 2. The molecule has 0 unspecified atom stereocenters. The minimum Gasteiger partial charge on any atom is -0.350 e. The molecule has 1 aromatic heterocycles. The number of hydrogen-bond donors (Lipinski definition) is 1. The van der Waals surface area contributed by atoms with E-state index in [1.54, 1.807) is 38.4 Å². The van der Waals surface area contributed by atoms with Gasteiger partial charge in [-0.15, -0.1) is 0 Å². The fourth-order valence-corrected chi connectivity index (χ4v) is 2.31. The van der Waals surface area contributed by atoms with Crippen LogP contribution in [0.5, 0.6) is 0 Å². The highest BCUT2D eigenvalue weighted by Crippen LogP contribution is 2.25. The lowest BCUT2D eigenvalue weighted by Gasteiger charge is -2.12. The van der Waals surface area contributed by atoms with E-state index in [1.165, 1.54) is 4.90 Å². The maximum absolute atomic E-state index is 12.7. The first-order valence-corrected chi connectivity index (χ1v) is 7.93. The normalized spacial score (nSPS) is 11.1. The summed E-state index contributed by atoms with van der Waals surface area (Å²) in [6, 6.07) is 8.29. The first kappa shape index (κ1) is 20.2. The zero-order valence-electron chi connectivity index (χ0n) is 14.7. The van der Waals surface area contributed by atoms with Crippen LogP contribution in [0, 0.1) is 0 Å². The molecule has 1 heterocycles. The van der Waals surface area contributed by atoms with Crippen molar-refractivity contribution in [3.8, 4) is 0 Å². The van der Waals surface area contributed by atoms with Gasteiger partial charge in [0.05, 0.1) is 0 Å². The molecule has 144 valence electrons. The number of pyridine rings is 1. The third kappa shape index (κ3) is 5.19. The Hall–Kier alpha value is -3.10. The Morgan fingerprint density at radius 3 is 2.30 bits per heavy atom. The summed E-state index contributed by atoms with van der Waals surface area (Å²) in [5.74, 6) is -0.764. The van der Waals surface area contributed by atoms with E-state index in [4.69, 9.17) is 0 Å². The molecule has 0 atom stereocenters. The highest BCUT2D eigenvalue weighted by Gasteiger charge is 2.34. The number of aromatic nitrogens is 1. The average Bonchev–Trinajstić information content (AvgIpc) is 2.60. The molecule has 2 aromatic rings. The lowest BCUT2D eigenvalue weighted by Crippen LogP contribution is -2.34. The highest BCUT2D eigenvalue weighted by molar-refractivity contribution is 5.93. The number of nitrogens with one attached hydrogen (secondary N) is 1. The van der Waals surface area contributed by atoms with Crippen molar-refractivity contribution in [3.63, 3.8) is 0 Å². The molecule has 0 saturated carbocycles. The molecule has 0 fully saturated rings. The zero-order chi connectivity index (χ0) is 20.2. The average molecular weight is 381 g/mol. The van der Waals surface area contributed by atoms with Gasteiger partial charge in [-0.25, -0.2) is 0 Å². The fraction of sp³-hybridized carbons (Fsp3) is 0.278. The summed E-state index contributed by atoms with van der Waals surface area (Å²) in [6.07, 6.45) is -3.65.